The Labute approximate surface area is 191 Å². The molecule has 2 aromatic carbocycles. The van der Waals surface area contributed by atoms with Crippen molar-refractivity contribution in [3.05, 3.63) is 54.1 Å². The van der Waals surface area contributed by atoms with Crippen LogP contribution in [0.25, 0.3) is 10.2 Å². The predicted molar refractivity (Wildman–Crippen MR) is 126 cm³/mol. The third-order valence-corrected chi connectivity index (χ3v) is 8.04. The van der Waals surface area contributed by atoms with E-state index in [1.165, 1.54) is 11.3 Å². The molecule has 4 rings (SSSR count). The fraction of sp³-hybridized carbons (Fsp3) is 0.391. The largest absolute Gasteiger partial charge is 0.497 e. The lowest BCUT2D eigenvalue weighted by Gasteiger charge is -2.23. The highest BCUT2D eigenvalue weighted by Crippen LogP contribution is 2.32. The highest BCUT2D eigenvalue weighted by molar-refractivity contribution is 7.90. The molecule has 2 heterocycles. The summed E-state index contributed by atoms with van der Waals surface area (Å²) in [7, 11) is -1.82. The summed E-state index contributed by atoms with van der Waals surface area (Å²) in [4.78, 5) is 19.4. The molecule has 0 saturated carbocycles. The van der Waals surface area contributed by atoms with Gasteiger partial charge in [0.2, 0.25) is 5.91 Å². The maximum absolute atomic E-state index is 13.2. The first-order chi connectivity index (χ1) is 15.4. The summed E-state index contributed by atoms with van der Waals surface area (Å²) >= 11 is 1.41. The molecule has 1 aromatic heterocycles. The minimum atomic E-state index is -3.42. The number of amides is 1. The zero-order valence-corrected chi connectivity index (χ0v) is 19.5. The Kier molecular flexibility index (Phi) is 7.07. The molecule has 1 fully saturated rings. The number of methoxy groups -OCH3 is 1. The normalized spacial score (nSPS) is 16.3. The Morgan fingerprint density at radius 3 is 2.78 bits per heavy atom. The van der Waals surface area contributed by atoms with Crippen molar-refractivity contribution in [1.29, 1.82) is 0 Å². The van der Waals surface area contributed by atoms with E-state index in [1.54, 1.807) is 24.1 Å². The number of anilines is 1. The molecule has 1 atom stereocenters. The molecule has 3 aromatic rings. The number of benzene rings is 2. The summed E-state index contributed by atoms with van der Waals surface area (Å²) in [6.45, 7) is 1.05. The highest BCUT2D eigenvalue weighted by Gasteiger charge is 2.27. The monoisotopic (exact) mass is 474 g/mol. The van der Waals surface area contributed by atoms with Crippen LogP contribution < -0.4 is 9.64 Å². The summed E-state index contributed by atoms with van der Waals surface area (Å²) in [6.07, 6.45) is 1.66. The first kappa shape index (κ1) is 22.7. The van der Waals surface area contributed by atoms with E-state index in [2.05, 4.69) is 4.98 Å². The summed E-state index contributed by atoms with van der Waals surface area (Å²) in [5.41, 5.74) is 1.46. The molecule has 0 radical (unpaired) electrons. The minimum absolute atomic E-state index is 0.0681. The summed E-state index contributed by atoms with van der Waals surface area (Å²) < 4.78 is 37.1. The van der Waals surface area contributed by atoms with Crippen molar-refractivity contribution >= 4 is 42.4 Å². The van der Waals surface area contributed by atoms with E-state index in [9.17, 15) is 13.2 Å². The molecule has 1 unspecified atom stereocenters. The van der Waals surface area contributed by atoms with E-state index in [0.717, 1.165) is 28.6 Å². The van der Waals surface area contributed by atoms with Gasteiger partial charge in [0.25, 0.3) is 0 Å². The van der Waals surface area contributed by atoms with Crippen molar-refractivity contribution in [3.8, 4) is 5.75 Å². The van der Waals surface area contributed by atoms with Crippen molar-refractivity contribution < 1.29 is 22.7 Å². The van der Waals surface area contributed by atoms with Crippen molar-refractivity contribution in [2.75, 3.05) is 30.9 Å². The first-order valence-corrected chi connectivity index (χ1v) is 13.2. The molecule has 0 bridgehead atoms. The zero-order chi connectivity index (χ0) is 22.6. The van der Waals surface area contributed by atoms with Crippen LogP contribution in [0.2, 0.25) is 0 Å². The van der Waals surface area contributed by atoms with E-state index in [-0.39, 0.29) is 29.9 Å². The van der Waals surface area contributed by atoms with Crippen LogP contribution >= 0.6 is 11.3 Å². The van der Waals surface area contributed by atoms with Crippen molar-refractivity contribution in [3.63, 3.8) is 0 Å². The second-order valence-electron chi connectivity index (χ2n) is 7.80. The van der Waals surface area contributed by atoms with Gasteiger partial charge in [0.1, 0.15) is 5.75 Å². The third kappa shape index (κ3) is 5.65. The van der Waals surface area contributed by atoms with Crippen molar-refractivity contribution in [2.24, 2.45) is 0 Å². The molecular weight excluding hydrogens is 448 g/mol. The Balaban J connectivity index is 1.51. The molecule has 1 saturated heterocycles. The average Bonchev–Trinajstić information content (AvgIpc) is 3.45. The average molecular weight is 475 g/mol. The number of nitrogens with zero attached hydrogens (tertiary/aromatic N) is 2. The standard InChI is InChI=1S/C23H26N2O5S2/c1-29-18-9-10-21-20(14-18)24-23(31-21)25(15-19-8-5-12-30-19)22(26)11-13-32(27,28)16-17-6-3-2-4-7-17/h2-4,6-7,9-10,14,19H,5,8,11-13,15-16H2,1H3. The van der Waals surface area contributed by atoms with Gasteiger partial charge in [-0.05, 0) is 30.5 Å². The summed E-state index contributed by atoms with van der Waals surface area (Å²) in [5.74, 6) is 0.149. The van der Waals surface area contributed by atoms with Crippen LogP contribution in [0.4, 0.5) is 5.13 Å². The number of aromatic nitrogens is 1. The van der Waals surface area contributed by atoms with Gasteiger partial charge in [-0.25, -0.2) is 13.4 Å². The number of sulfone groups is 1. The Bertz CT molecular complexity index is 1170. The molecule has 32 heavy (non-hydrogen) atoms. The number of carbonyl (C=O) groups excluding carboxylic acids is 1. The number of carbonyl (C=O) groups is 1. The Morgan fingerprint density at radius 1 is 1.25 bits per heavy atom. The lowest BCUT2D eigenvalue weighted by molar-refractivity contribution is -0.118. The van der Waals surface area contributed by atoms with Gasteiger partial charge in [-0.15, -0.1) is 0 Å². The fourth-order valence-electron chi connectivity index (χ4n) is 3.69. The maximum atomic E-state index is 13.2. The fourth-order valence-corrected chi connectivity index (χ4v) is 6.00. The number of thiazole rings is 1. The second kappa shape index (κ2) is 9.97. The van der Waals surface area contributed by atoms with Crippen LogP contribution in [0, 0.1) is 0 Å². The molecule has 1 amide bonds. The lowest BCUT2D eigenvalue weighted by Crippen LogP contribution is -2.38. The van der Waals surface area contributed by atoms with Gasteiger partial charge in [-0.3, -0.25) is 9.69 Å². The quantitative estimate of drug-likeness (QED) is 0.469. The first-order valence-electron chi connectivity index (χ1n) is 10.5. The molecule has 7 nitrogen and oxygen atoms in total. The smallest absolute Gasteiger partial charge is 0.229 e. The molecule has 170 valence electrons. The molecule has 0 N–H and O–H groups in total. The van der Waals surface area contributed by atoms with Gasteiger partial charge in [-0.1, -0.05) is 41.7 Å². The van der Waals surface area contributed by atoms with Gasteiger partial charge in [0.05, 0.1) is 41.5 Å². The number of hydrogen-bond acceptors (Lipinski definition) is 7. The minimum Gasteiger partial charge on any atom is -0.497 e. The van der Waals surface area contributed by atoms with E-state index in [0.29, 0.717) is 24.0 Å². The van der Waals surface area contributed by atoms with Crippen molar-refractivity contribution in [2.45, 2.75) is 31.1 Å². The van der Waals surface area contributed by atoms with Gasteiger partial charge in [0, 0.05) is 19.1 Å². The second-order valence-corrected chi connectivity index (χ2v) is 11.0. The molecule has 9 heteroatoms. The topological polar surface area (TPSA) is 85.8 Å². The van der Waals surface area contributed by atoms with Gasteiger partial charge < -0.3 is 9.47 Å². The van der Waals surface area contributed by atoms with E-state index in [1.807, 2.05) is 36.4 Å². The van der Waals surface area contributed by atoms with Crippen LogP contribution in [0.15, 0.2) is 48.5 Å². The number of rotatable bonds is 9. The van der Waals surface area contributed by atoms with Crippen LogP contribution in [-0.4, -0.2) is 51.4 Å². The third-order valence-electron chi connectivity index (χ3n) is 5.38. The summed E-state index contributed by atoms with van der Waals surface area (Å²) in [5, 5.41) is 0.550. The number of ether oxygens (including phenoxy) is 2. The molecule has 0 spiro atoms. The lowest BCUT2D eigenvalue weighted by atomic mass is 10.2. The van der Waals surface area contributed by atoms with Gasteiger partial charge in [0.15, 0.2) is 15.0 Å². The molecule has 1 aliphatic heterocycles. The number of fused-ring (bicyclic) bond motifs is 1. The predicted octanol–water partition coefficient (Wildman–Crippen LogP) is 3.82. The number of hydrogen-bond donors (Lipinski definition) is 0. The van der Waals surface area contributed by atoms with E-state index in [4.69, 9.17) is 9.47 Å². The summed E-state index contributed by atoms with van der Waals surface area (Å²) in [6, 6.07) is 14.6. The van der Waals surface area contributed by atoms with Gasteiger partial charge in [-0.2, -0.15) is 0 Å². The molecule has 1 aliphatic rings. The molecular formula is C23H26N2O5S2. The van der Waals surface area contributed by atoms with E-state index < -0.39 is 9.84 Å². The maximum Gasteiger partial charge on any atom is 0.229 e. The highest BCUT2D eigenvalue weighted by atomic mass is 32.2. The SMILES string of the molecule is COc1ccc2sc(N(CC3CCCO3)C(=O)CCS(=O)(=O)Cc3ccccc3)nc2c1. The van der Waals surface area contributed by atoms with Crippen molar-refractivity contribution in [1.82, 2.24) is 4.98 Å². The Morgan fingerprint density at radius 2 is 2.06 bits per heavy atom. The Hall–Kier alpha value is -2.49. The van der Waals surface area contributed by atoms with Crippen LogP contribution in [0.5, 0.6) is 5.75 Å². The molecule has 0 aliphatic carbocycles. The van der Waals surface area contributed by atoms with Crippen LogP contribution in [-0.2, 0) is 25.1 Å². The van der Waals surface area contributed by atoms with E-state index >= 15 is 0 Å². The zero-order valence-electron chi connectivity index (χ0n) is 17.9. The van der Waals surface area contributed by atoms with Crippen LogP contribution in [0.1, 0.15) is 24.8 Å². The van der Waals surface area contributed by atoms with Gasteiger partial charge >= 0.3 is 0 Å². The van der Waals surface area contributed by atoms with Crippen LogP contribution in [0.3, 0.4) is 0 Å².